The molecule has 1 aliphatic rings. The molecule has 0 saturated heterocycles. The topological polar surface area (TPSA) is 96.3 Å². The summed E-state index contributed by atoms with van der Waals surface area (Å²) in [7, 11) is 0. The Morgan fingerprint density at radius 2 is 1.91 bits per heavy atom. The van der Waals surface area contributed by atoms with Gasteiger partial charge in [0.15, 0.2) is 5.65 Å². The summed E-state index contributed by atoms with van der Waals surface area (Å²) in [4.78, 5) is 4.85. The standard InChI is InChI=1S/C17H16N6/c18-16-14-9-4-1-2-5-10(9)15(20-17(14)23-22-16)11-6-3-7-13-12(11)8-19-21-13/h3,6-8H,1-2,4-5H2,(H,19,21)(H3,18,20,22,23). The number of fused-ring (bicyclic) bond motifs is 4. The molecule has 0 radical (unpaired) electrons. The molecule has 6 heteroatoms. The van der Waals surface area contributed by atoms with Crippen LogP contribution in [0, 0.1) is 0 Å². The zero-order valence-corrected chi connectivity index (χ0v) is 12.6. The third kappa shape index (κ3) is 1.72. The zero-order chi connectivity index (χ0) is 15.4. The highest BCUT2D eigenvalue weighted by Gasteiger charge is 2.23. The highest BCUT2D eigenvalue weighted by Crippen LogP contribution is 2.38. The SMILES string of the molecule is Nc1[nH]nc2nc(-c3cccc4[nH]ncc34)c3c(c12)CCCC3. The van der Waals surface area contributed by atoms with Crippen molar-refractivity contribution in [3.8, 4) is 11.3 Å². The predicted molar refractivity (Wildman–Crippen MR) is 90.0 cm³/mol. The number of nitrogen functional groups attached to an aromatic ring is 1. The number of nitrogens with one attached hydrogen (secondary N) is 2. The van der Waals surface area contributed by atoms with Crippen LogP contribution in [0.1, 0.15) is 24.0 Å². The van der Waals surface area contributed by atoms with Gasteiger partial charge in [-0.15, -0.1) is 0 Å². The van der Waals surface area contributed by atoms with Gasteiger partial charge in [-0.05, 0) is 42.9 Å². The van der Waals surface area contributed by atoms with Gasteiger partial charge in [0.05, 0.1) is 22.8 Å². The van der Waals surface area contributed by atoms with Crippen LogP contribution >= 0.6 is 0 Å². The number of hydrogen-bond acceptors (Lipinski definition) is 4. The van der Waals surface area contributed by atoms with Crippen molar-refractivity contribution in [2.24, 2.45) is 0 Å². The first-order valence-corrected chi connectivity index (χ1v) is 7.90. The van der Waals surface area contributed by atoms with Crippen LogP contribution in [-0.2, 0) is 12.8 Å². The molecule has 6 nitrogen and oxygen atoms in total. The van der Waals surface area contributed by atoms with Gasteiger partial charge in [-0.25, -0.2) is 4.98 Å². The third-order valence-corrected chi connectivity index (χ3v) is 4.79. The van der Waals surface area contributed by atoms with Crippen LogP contribution < -0.4 is 5.73 Å². The Labute approximate surface area is 132 Å². The van der Waals surface area contributed by atoms with Gasteiger partial charge in [-0.2, -0.15) is 10.2 Å². The number of hydrogen-bond donors (Lipinski definition) is 3. The fraction of sp³-hybridized carbons (Fsp3) is 0.235. The van der Waals surface area contributed by atoms with Crippen LogP contribution in [0.15, 0.2) is 24.4 Å². The smallest absolute Gasteiger partial charge is 0.183 e. The van der Waals surface area contributed by atoms with Gasteiger partial charge >= 0.3 is 0 Å². The molecule has 4 aromatic rings. The minimum Gasteiger partial charge on any atom is -0.384 e. The number of nitrogens with zero attached hydrogens (tertiary/aromatic N) is 3. The van der Waals surface area contributed by atoms with Crippen LogP contribution in [0.2, 0.25) is 0 Å². The summed E-state index contributed by atoms with van der Waals surface area (Å²) in [5.41, 5.74) is 12.6. The van der Waals surface area contributed by atoms with Crippen molar-refractivity contribution < 1.29 is 0 Å². The highest BCUT2D eigenvalue weighted by atomic mass is 15.2. The van der Waals surface area contributed by atoms with Gasteiger partial charge in [-0.3, -0.25) is 10.2 Å². The molecule has 0 amide bonds. The minimum atomic E-state index is 0.624. The lowest BCUT2D eigenvalue weighted by atomic mass is 9.86. The summed E-state index contributed by atoms with van der Waals surface area (Å²) in [6, 6.07) is 6.18. The van der Waals surface area contributed by atoms with E-state index >= 15 is 0 Å². The average Bonchev–Trinajstić information content (AvgIpc) is 3.21. The van der Waals surface area contributed by atoms with E-state index in [1.54, 1.807) is 0 Å². The van der Waals surface area contributed by atoms with E-state index in [0.717, 1.165) is 40.4 Å². The second-order valence-corrected chi connectivity index (χ2v) is 6.10. The van der Waals surface area contributed by atoms with Crippen molar-refractivity contribution in [3.05, 3.63) is 35.5 Å². The molecule has 23 heavy (non-hydrogen) atoms. The fourth-order valence-corrected chi connectivity index (χ4v) is 3.74. The van der Waals surface area contributed by atoms with Gasteiger partial charge in [-0.1, -0.05) is 12.1 Å². The van der Waals surface area contributed by atoms with Crippen LogP contribution in [0.4, 0.5) is 5.82 Å². The quantitative estimate of drug-likeness (QED) is 0.503. The van der Waals surface area contributed by atoms with Crippen LogP contribution in [0.3, 0.4) is 0 Å². The monoisotopic (exact) mass is 304 g/mol. The second kappa shape index (κ2) is 4.55. The molecule has 0 aliphatic heterocycles. The maximum Gasteiger partial charge on any atom is 0.183 e. The zero-order valence-electron chi connectivity index (χ0n) is 12.6. The Bertz CT molecular complexity index is 1040. The van der Waals surface area contributed by atoms with E-state index in [-0.39, 0.29) is 0 Å². The minimum absolute atomic E-state index is 0.624. The van der Waals surface area contributed by atoms with Crippen LogP contribution in [0.25, 0.3) is 33.2 Å². The number of benzene rings is 1. The van der Waals surface area contributed by atoms with E-state index in [1.165, 1.54) is 24.0 Å². The lowest BCUT2D eigenvalue weighted by Gasteiger charge is -2.20. The Morgan fingerprint density at radius 3 is 2.83 bits per heavy atom. The fourth-order valence-electron chi connectivity index (χ4n) is 3.74. The maximum atomic E-state index is 6.09. The Balaban J connectivity index is 1.90. The van der Waals surface area contributed by atoms with Crippen LogP contribution in [0.5, 0.6) is 0 Å². The molecular weight excluding hydrogens is 288 g/mol. The van der Waals surface area contributed by atoms with Gasteiger partial charge in [0, 0.05) is 10.9 Å². The van der Waals surface area contributed by atoms with E-state index in [1.807, 2.05) is 18.3 Å². The molecule has 1 aromatic carbocycles. The highest BCUT2D eigenvalue weighted by molar-refractivity contribution is 5.98. The predicted octanol–water partition coefficient (Wildman–Crippen LogP) is 2.96. The lowest BCUT2D eigenvalue weighted by molar-refractivity contribution is 0.689. The summed E-state index contributed by atoms with van der Waals surface area (Å²) in [5.74, 6) is 0.624. The average molecular weight is 304 g/mol. The van der Waals surface area contributed by atoms with Crippen molar-refractivity contribution in [2.75, 3.05) is 5.73 Å². The first kappa shape index (κ1) is 12.6. The van der Waals surface area contributed by atoms with Gasteiger partial charge in [0.25, 0.3) is 0 Å². The number of anilines is 1. The van der Waals surface area contributed by atoms with Crippen molar-refractivity contribution >= 4 is 27.8 Å². The first-order valence-electron chi connectivity index (χ1n) is 7.90. The number of pyridine rings is 1. The van der Waals surface area contributed by atoms with Crippen molar-refractivity contribution in [1.29, 1.82) is 0 Å². The summed E-state index contributed by atoms with van der Waals surface area (Å²) >= 11 is 0. The summed E-state index contributed by atoms with van der Waals surface area (Å²) in [6.45, 7) is 0. The van der Waals surface area contributed by atoms with Gasteiger partial charge < -0.3 is 5.73 Å². The largest absolute Gasteiger partial charge is 0.384 e. The number of rotatable bonds is 1. The molecule has 0 fully saturated rings. The normalized spacial score (nSPS) is 14.4. The number of aromatic nitrogens is 5. The van der Waals surface area contributed by atoms with Gasteiger partial charge in [0.2, 0.25) is 0 Å². The summed E-state index contributed by atoms with van der Waals surface area (Å²) < 4.78 is 0. The Morgan fingerprint density at radius 1 is 1.04 bits per heavy atom. The molecule has 0 saturated carbocycles. The maximum absolute atomic E-state index is 6.09. The van der Waals surface area contributed by atoms with Crippen molar-refractivity contribution in [3.63, 3.8) is 0 Å². The molecular formula is C17H16N6. The lowest BCUT2D eigenvalue weighted by Crippen LogP contribution is -2.08. The molecule has 114 valence electrons. The van der Waals surface area contributed by atoms with Crippen molar-refractivity contribution in [1.82, 2.24) is 25.4 Å². The summed E-state index contributed by atoms with van der Waals surface area (Å²) in [6.07, 6.45) is 6.31. The molecule has 3 aromatic heterocycles. The van der Waals surface area contributed by atoms with Crippen LogP contribution in [-0.4, -0.2) is 25.4 Å². The van der Waals surface area contributed by atoms with E-state index in [9.17, 15) is 0 Å². The molecule has 5 rings (SSSR count). The summed E-state index contributed by atoms with van der Waals surface area (Å²) in [5, 5.41) is 16.5. The number of aromatic amines is 2. The third-order valence-electron chi connectivity index (χ3n) is 4.79. The van der Waals surface area contributed by atoms with Gasteiger partial charge in [0.1, 0.15) is 5.82 Å². The molecule has 3 heterocycles. The Kier molecular flexibility index (Phi) is 2.50. The number of nitrogens with two attached hydrogens (primary N) is 1. The molecule has 0 atom stereocenters. The molecule has 0 bridgehead atoms. The second-order valence-electron chi connectivity index (χ2n) is 6.10. The molecule has 0 unspecified atom stereocenters. The van der Waals surface area contributed by atoms with E-state index in [0.29, 0.717) is 11.5 Å². The molecule has 1 aliphatic carbocycles. The van der Waals surface area contributed by atoms with Crippen molar-refractivity contribution in [2.45, 2.75) is 25.7 Å². The molecule has 4 N–H and O–H groups in total. The number of aryl methyl sites for hydroxylation is 1. The first-order chi connectivity index (χ1) is 11.3. The van der Waals surface area contributed by atoms with E-state index < -0.39 is 0 Å². The molecule has 0 spiro atoms. The number of H-pyrrole nitrogens is 2. The van der Waals surface area contributed by atoms with E-state index in [2.05, 4.69) is 26.5 Å². The van der Waals surface area contributed by atoms with E-state index in [4.69, 9.17) is 10.7 Å². The Hall–Kier alpha value is -2.89.